The molecule has 0 aliphatic rings. The summed E-state index contributed by atoms with van der Waals surface area (Å²) in [5.74, 6) is 0.0862. The van der Waals surface area contributed by atoms with Crippen LogP contribution in [0.1, 0.15) is 11.1 Å². The average molecular weight is 333 g/mol. The number of rotatable bonds is 5. The fraction of sp³-hybridized carbons (Fsp3) is 0.0667. The topological polar surface area (TPSA) is 111 Å². The number of nitrogens with zero attached hydrogens (tertiary/aromatic N) is 1. The SMILES string of the molecule is Cc1ccc(S(=O)(=O)Oc2ccccc2/C=N\NC(N)=O)cc1. The molecule has 0 aliphatic heterocycles. The lowest BCUT2D eigenvalue weighted by atomic mass is 10.2. The number of hydrogen-bond acceptors (Lipinski definition) is 5. The maximum atomic E-state index is 12.3. The molecule has 2 aromatic rings. The molecule has 7 nitrogen and oxygen atoms in total. The maximum Gasteiger partial charge on any atom is 0.339 e. The predicted molar refractivity (Wildman–Crippen MR) is 85.7 cm³/mol. The fourth-order valence-electron chi connectivity index (χ4n) is 1.70. The summed E-state index contributed by atoms with van der Waals surface area (Å²) in [5, 5.41) is 3.59. The number of nitrogens with two attached hydrogens (primary N) is 1. The second kappa shape index (κ2) is 6.93. The Bertz CT molecular complexity index is 830. The highest BCUT2D eigenvalue weighted by atomic mass is 32.2. The van der Waals surface area contributed by atoms with E-state index in [0.29, 0.717) is 5.56 Å². The van der Waals surface area contributed by atoms with E-state index in [4.69, 9.17) is 9.92 Å². The molecule has 3 N–H and O–H groups in total. The summed E-state index contributed by atoms with van der Waals surface area (Å²) in [6.07, 6.45) is 1.24. The van der Waals surface area contributed by atoms with Gasteiger partial charge in [0.05, 0.1) is 6.21 Å². The molecule has 0 saturated heterocycles. The Hall–Kier alpha value is -2.87. The number of hydrogen-bond donors (Lipinski definition) is 2. The lowest BCUT2D eigenvalue weighted by Gasteiger charge is -2.09. The molecular formula is C15H15N3O4S. The van der Waals surface area contributed by atoms with Gasteiger partial charge in [0.25, 0.3) is 0 Å². The molecule has 23 heavy (non-hydrogen) atoms. The van der Waals surface area contributed by atoms with Crippen LogP contribution in [0, 0.1) is 6.92 Å². The summed E-state index contributed by atoms with van der Waals surface area (Å²) >= 11 is 0. The highest BCUT2D eigenvalue weighted by molar-refractivity contribution is 7.87. The number of aryl methyl sites for hydroxylation is 1. The van der Waals surface area contributed by atoms with Gasteiger partial charge in [0, 0.05) is 5.56 Å². The van der Waals surface area contributed by atoms with E-state index in [9.17, 15) is 13.2 Å². The lowest BCUT2D eigenvalue weighted by Crippen LogP contribution is -2.24. The third-order valence-electron chi connectivity index (χ3n) is 2.81. The number of nitrogens with one attached hydrogen (secondary N) is 1. The van der Waals surface area contributed by atoms with Crippen molar-refractivity contribution in [2.24, 2.45) is 10.8 Å². The van der Waals surface area contributed by atoms with Crippen molar-refractivity contribution in [2.75, 3.05) is 0 Å². The molecular weight excluding hydrogens is 318 g/mol. The van der Waals surface area contributed by atoms with Crippen molar-refractivity contribution in [3.8, 4) is 5.75 Å². The van der Waals surface area contributed by atoms with E-state index < -0.39 is 16.1 Å². The van der Waals surface area contributed by atoms with Gasteiger partial charge in [-0.25, -0.2) is 10.2 Å². The number of hydrazone groups is 1. The zero-order valence-corrected chi connectivity index (χ0v) is 13.1. The molecule has 120 valence electrons. The summed E-state index contributed by atoms with van der Waals surface area (Å²) in [6, 6.07) is 11.8. The van der Waals surface area contributed by atoms with Crippen LogP contribution in [0.25, 0.3) is 0 Å². The fourth-order valence-corrected chi connectivity index (χ4v) is 2.65. The van der Waals surface area contributed by atoms with Gasteiger partial charge in [0.2, 0.25) is 0 Å². The normalized spacial score (nSPS) is 11.3. The Morgan fingerprint density at radius 3 is 2.48 bits per heavy atom. The molecule has 0 spiro atoms. The van der Waals surface area contributed by atoms with E-state index >= 15 is 0 Å². The summed E-state index contributed by atoms with van der Waals surface area (Å²) < 4.78 is 29.7. The number of carbonyl (C=O) groups excluding carboxylic acids is 1. The van der Waals surface area contributed by atoms with Crippen LogP contribution in [0.15, 0.2) is 58.5 Å². The molecule has 8 heteroatoms. The minimum atomic E-state index is -3.97. The first-order chi connectivity index (χ1) is 10.9. The molecule has 2 amide bonds. The van der Waals surface area contributed by atoms with Crippen LogP contribution in [-0.4, -0.2) is 20.7 Å². The van der Waals surface area contributed by atoms with Crippen molar-refractivity contribution < 1.29 is 17.4 Å². The Labute approximate surface area is 133 Å². The van der Waals surface area contributed by atoms with Gasteiger partial charge in [0.1, 0.15) is 4.90 Å². The zero-order chi connectivity index (χ0) is 16.9. The highest BCUT2D eigenvalue weighted by Crippen LogP contribution is 2.22. The molecule has 0 fully saturated rings. The monoisotopic (exact) mass is 333 g/mol. The van der Waals surface area contributed by atoms with Gasteiger partial charge in [-0.05, 0) is 31.2 Å². The van der Waals surface area contributed by atoms with Gasteiger partial charge >= 0.3 is 16.1 Å². The van der Waals surface area contributed by atoms with Gasteiger partial charge in [-0.2, -0.15) is 13.5 Å². The summed E-state index contributed by atoms with van der Waals surface area (Å²) in [7, 11) is -3.97. The predicted octanol–water partition coefficient (Wildman–Crippen LogP) is 1.76. The van der Waals surface area contributed by atoms with Crippen molar-refractivity contribution in [1.29, 1.82) is 0 Å². The molecule has 0 heterocycles. The second-order valence-corrected chi connectivity index (χ2v) is 6.17. The number of amides is 2. The van der Waals surface area contributed by atoms with Gasteiger partial charge in [-0.15, -0.1) is 0 Å². The average Bonchev–Trinajstić information content (AvgIpc) is 2.49. The molecule has 0 radical (unpaired) electrons. The van der Waals surface area contributed by atoms with Gasteiger partial charge in [-0.3, -0.25) is 0 Å². The molecule has 0 aliphatic carbocycles. The first-order valence-corrected chi connectivity index (χ1v) is 7.98. The molecule has 0 saturated carbocycles. The molecule has 0 atom stereocenters. The number of benzene rings is 2. The third-order valence-corrected chi connectivity index (χ3v) is 4.06. The minimum Gasteiger partial charge on any atom is -0.378 e. The number of carbonyl (C=O) groups is 1. The number of primary amides is 1. The Morgan fingerprint density at radius 1 is 1.17 bits per heavy atom. The van der Waals surface area contributed by atoms with Crippen molar-refractivity contribution in [2.45, 2.75) is 11.8 Å². The third kappa shape index (κ3) is 4.55. The molecule has 0 unspecified atom stereocenters. The second-order valence-electron chi connectivity index (χ2n) is 4.62. The number of urea groups is 1. The number of para-hydroxylation sites is 1. The molecule has 0 bridgehead atoms. The van der Waals surface area contributed by atoms with Crippen LogP contribution < -0.4 is 15.3 Å². The van der Waals surface area contributed by atoms with E-state index in [0.717, 1.165) is 5.56 Å². The first kappa shape index (κ1) is 16.5. The lowest BCUT2D eigenvalue weighted by molar-refractivity contribution is 0.249. The quantitative estimate of drug-likeness (QED) is 0.493. The standard InChI is InChI=1S/C15H15N3O4S/c1-11-6-8-13(9-7-11)23(20,21)22-14-5-3-2-4-12(14)10-17-18-15(16)19/h2-10H,1H3,(H3,16,18,19)/b17-10-. The minimum absolute atomic E-state index is 0.0464. The Kier molecular flexibility index (Phi) is 4.97. The largest absolute Gasteiger partial charge is 0.378 e. The van der Waals surface area contributed by atoms with E-state index in [1.807, 2.05) is 12.3 Å². The Balaban J connectivity index is 2.27. The van der Waals surface area contributed by atoms with Crippen LogP contribution >= 0.6 is 0 Å². The van der Waals surface area contributed by atoms with Crippen LogP contribution in [-0.2, 0) is 10.1 Å². The van der Waals surface area contributed by atoms with Crippen molar-refractivity contribution in [1.82, 2.24) is 5.43 Å². The summed E-state index contributed by atoms with van der Waals surface area (Å²) in [4.78, 5) is 10.6. The summed E-state index contributed by atoms with van der Waals surface area (Å²) in [6.45, 7) is 1.86. The van der Waals surface area contributed by atoms with E-state index in [2.05, 4.69) is 5.10 Å². The van der Waals surface area contributed by atoms with Gasteiger partial charge < -0.3 is 9.92 Å². The van der Waals surface area contributed by atoms with Crippen LogP contribution in [0.4, 0.5) is 4.79 Å². The van der Waals surface area contributed by atoms with Crippen molar-refractivity contribution in [3.05, 3.63) is 59.7 Å². The zero-order valence-electron chi connectivity index (χ0n) is 12.3. The van der Waals surface area contributed by atoms with Crippen LogP contribution in [0.3, 0.4) is 0 Å². The molecule has 2 aromatic carbocycles. The van der Waals surface area contributed by atoms with E-state index in [-0.39, 0.29) is 10.6 Å². The van der Waals surface area contributed by atoms with Crippen molar-refractivity contribution in [3.63, 3.8) is 0 Å². The van der Waals surface area contributed by atoms with Crippen LogP contribution in [0.5, 0.6) is 5.75 Å². The van der Waals surface area contributed by atoms with Crippen LogP contribution in [0.2, 0.25) is 0 Å². The maximum absolute atomic E-state index is 12.3. The smallest absolute Gasteiger partial charge is 0.339 e. The molecule has 2 rings (SSSR count). The van der Waals surface area contributed by atoms with E-state index in [1.54, 1.807) is 30.3 Å². The van der Waals surface area contributed by atoms with Crippen molar-refractivity contribution >= 4 is 22.4 Å². The summed E-state index contributed by atoms with van der Waals surface area (Å²) in [5.41, 5.74) is 8.23. The van der Waals surface area contributed by atoms with E-state index in [1.165, 1.54) is 24.4 Å². The first-order valence-electron chi connectivity index (χ1n) is 6.57. The molecule has 0 aromatic heterocycles. The highest BCUT2D eigenvalue weighted by Gasteiger charge is 2.17. The van der Waals surface area contributed by atoms with Gasteiger partial charge in [-0.1, -0.05) is 29.8 Å². The Morgan fingerprint density at radius 2 is 1.83 bits per heavy atom. The van der Waals surface area contributed by atoms with Gasteiger partial charge in [0.15, 0.2) is 5.75 Å².